The van der Waals surface area contributed by atoms with E-state index >= 15 is 0 Å². The fourth-order valence-electron chi connectivity index (χ4n) is 1.94. The number of nitrogens with one attached hydrogen (secondary N) is 1. The topological polar surface area (TPSA) is 68.0 Å². The Kier molecular flexibility index (Phi) is 5.25. The summed E-state index contributed by atoms with van der Waals surface area (Å²) >= 11 is 9.25. The second-order valence-corrected chi connectivity index (χ2v) is 6.23. The van der Waals surface area contributed by atoms with Crippen molar-refractivity contribution in [3.8, 4) is 0 Å². The summed E-state index contributed by atoms with van der Waals surface area (Å²) in [5.41, 5.74) is 1.18. The van der Waals surface area contributed by atoms with E-state index in [1.165, 1.54) is 24.3 Å². The van der Waals surface area contributed by atoms with E-state index in [4.69, 9.17) is 16.0 Å². The van der Waals surface area contributed by atoms with Crippen LogP contribution in [0, 0.1) is 5.82 Å². The Labute approximate surface area is 155 Å². The van der Waals surface area contributed by atoms with Crippen molar-refractivity contribution in [1.82, 2.24) is 10.2 Å². The highest BCUT2D eigenvalue weighted by Gasteiger charge is 2.14. The van der Waals surface area contributed by atoms with E-state index in [-0.39, 0.29) is 16.8 Å². The van der Waals surface area contributed by atoms with Crippen LogP contribution in [0.3, 0.4) is 0 Å². The molecule has 0 fully saturated rings. The lowest BCUT2D eigenvalue weighted by atomic mass is 10.2. The quantitative estimate of drug-likeness (QED) is 0.639. The van der Waals surface area contributed by atoms with E-state index in [9.17, 15) is 9.18 Å². The Hall–Kier alpha value is -2.51. The van der Waals surface area contributed by atoms with E-state index < -0.39 is 11.7 Å². The van der Waals surface area contributed by atoms with Crippen LogP contribution < -0.4 is 5.32 Å². The minimum atomic E-state index is -0.523. The third-order valence-corrected chi connectivity index (χ3v) is 3.91. The predicted octanol–water partition coefficient (Wildman–Crippen LogP) is 5.05. The number of anilines is 1. The highest BCUT2D eigenvalue weighted by molar-refractivity contribution is 9.10. The fraction of sp³-hybridized carbons (Fsp3) is 0. The normalized spacial score (nSPS) is 11.0. The average Bonchev–Trinajstić information content (AvgIpc) is 3.03. The number of amides is 1. The van der Waals surface area contributed by atoms with Crippen molar-refractivity contribution in [3.05, 3.63) is 75.1 Å². The fourth-order valence-corrected chi connectivity index (χ4v) is 2.57. The van der Waals surface area contributed by atoms with Crippen LogP contribution in [0.1, 0.15) is 22.1 Å². The molecular formula is C17H10BrClFN3O2. The zero-order valence-electron chi connectivity index (χ0n) is 12.5. The monoisotopic (exact) mass is 421 g/mol. The molecule has 0 atom stereocenters. The zero-order valence-corrected chi connectivity index (χ0v) is 14.9. The molecule has 3 aromatic rings. The summed E-state index contributed by atoms with van der Waals surface area (Å²) in [5, 5.41) is 10.4. The second-order valence-electron chi connectivity index (χ2n) is 4.91. The summed E-state index contributed by atoms with van der Waals surface area (Å²) in [7, 11) is 0. The van der Waals surface area contributed by atoms with E-state index in [0.717, 1.165) is 4.47 Å². The Bertz CT molecular complexity index is 959. The number of hydrogen-bond acceptors (Lipinski definition) is 4. The van der Waals surface area contributed by atoms with Crippen LogP contribution in [-0.2, 0) is 0 Å². The first-order valence-electron chi connectivity index (χ1n) is 7.05. The first kappa shape index (κ1) is 17.3. The van der Waals surface area contributed by atoms with E-state index in [0.29, 0.717) is 11.3 Å². The molecule has 0 aliphatic rings. The molecule has 0 bridgehead atoms. The van der Waals surface area contributed by atoms with Gasteiger partial charge in [0.2, 0.25) is 5.89 Å². The zero-order chi connectivity index (χ0) is 17.8. The molecule has 0 radical (unpaired) electrons. The number of halogens is 3. The Morgan fingerprint density at radius 2 is 2.04 bits per heavy atom. The largest absolute Gasteiger partial charge is 0.413 e. The Balaban J connectivity index is 1.71. The third kappa shape index (κ3) is 4.52. The molecule has 0 aliphatic carbocycles. The van der Waals surface area contributed by atoms with Crippen LogP contribution in [0.5, 0.6) is 0 Å². The van der Waals surface area contributed by atoms with Gasteiger partial charge in [0.15, 0.2) is 0 Å². The van der Waals surface area contributed by atoms with E-state index in [2.05, 4.69) is 31.4 Å². The Morgan fingerprint density at radius 1 is 1.20 bits per heavy atom. The number of rotatable bonds is 4. The van der Waals surface area contributed by atoms with Crippen molar-refractivity contribution in [2.24, 2.45) is 0 Å². The highest BCUT2D eigenvalue weighted by Crippen LogP contribution is 2.20. The van der Waals surface area contributed by atoms with E-state index in [1.807, 2.05) is 6.07 Å². The molecule has 126 valence electrons. The van der Waals surface area contributed by atoms with Crippen molar-refractivity contribution in [2.75, 3.05) is 5.32 Å². The SMILES string of the molecule is O=C(Nc1cccc(Br)c1)c1nnc(C=Cc2ccc(F)cc2Cl)o1. The van der Waals surface area contributed by atoms with Gasteiger partial charge in [-0.15, -0.1) is 10.2 Å². The first-order chi connectivity index (χ1) is 12.0. The lowest BCUT2D eigenvalue weighted by Crippen LogP contribution is -2.12. The van der Waals surface area contributed by atoms with Gasteiger partial charge in [-0.2, -0.15) is 0 Å². The van der Waals surface area contributed by atoms with Gasteiger partial charge in [0.05, 0.1) is 5.02 Å². The Morgan fingerprint density at radius 3 is 2.80 bits per heavy atom. The van der Waals surface area contributed by atoms with Crippen LogP contribution in [-0.4, -0.2) is 16.1 Å². The van der Waals surface area contributed by atoms with Gasteiger partial charge in [0.1, 0.15) is 5.82 Å². The summed E-state index contributed by atoms with van der Waals surface area (Å²) in [6, 6.07) is 11.1. The van der Waals surface area contributed by atoms with Crippen molar-refractivity contribution in [2.45, 2.75) is 0 Å². The molecule has 25 heavy (non-hydrogen) atoms. The molecule has 0 unspecified atom stereocenters. The van der Waals surface area contributed by atoms with Gasteiger partial charge >= 0.3 is 11.8 Å². The van der Waals surface area contributed by atoms with Gasteiger partial charge in [-0.3, -0.25) is 4.79 Å². The number of benzene rings is 2. The maximum absolute atomic E-state index is 13.0. The van der Waals surface area contributed by atoms with E-state index in [1.54, 1.807) is 24.3 Å². The molecule has 1 N–H and O–H groups in total. The van der Waals surface area contributed by atoms with Crippen LogP contribution >= 0.6 is 27.5 Å². The van der Waals surface area contributed by atoms with Crippen molar-refractivity contribution in [3.63, 3.8) is 0 Å². The van der Waals surface area contributed by atoms with Gasteiger partial charge in [-0.05, 0) is 42.0 Å². The van der Waals surface area contributed by atoms with Crippen LogP contribution in [0.25, 0.3) is 12.2 Å². The summed E-state index contributed by atoms with van der Waals surface area (Å²) in [6.07, 6.45) is 3.08. The molecule has 1 heterocycles. The molecule has 3 rings (SSSR count). The number of nitrogens with zero attached hydrogens (tertiary/aromatic N) is 2. The molecule has 0 saturated carbocycles. The minimum absolute atomic E-state index is 0.125. The van der Waals surface area contributed by atoms with Gasteiger partial charge < -0.3 is 9.73 Å². The number of carbonyl (C=O) groups is 1. The standard InChI is InChI=1S/C17H10BrClFN3O2/c18-11-2-1-3-13(8-11)21-16(24)17-23-22-15(25-17)7-5-10-4-6-12(20)9-14(10)19/h1-9H,(H,21,24). The lowest BCUT2D eigenvalue weighted by molar-refractivity contribution is 0.0989. The summed E-state index contributed by atoms with van der Waals surface area (Å²) in [5.74, 6) is -0.999. The van der Waals surface area contributed by atoms with Gasteiger partial charge in [0.25, 0.3) is 0 Å². The minimum Gasteiger partial charge on any atom is -0.413 e. The molecular weight excluding hydrogens is 413 g/mol. The summed E-state index contributed by atoms with van der Waals surface area (Å²) < 4.78 is 19.1. The molecule has 0 saturated heterocycles. The van der Waals surface area contributed by atoms with Crippen LogP contribution in [0.2, 0.25) is 5.02 Å². The molecule has 2 aromatic carbocycles. The number of hydrogen-bond donors (Lipinski definition) is 1. The summed E-state index contributed by atoms with van der Waals surface area (Å²) in [4.78, 5) is 12.1. The maximum atomic E-state index is 13.0. The van der Waals surface area contributed by atoms with Gasteiger partial charge in [0, 0.05) is 16.2 Å². The summed E-state index contributed by atoms with van der Waals surface area (Å²) in [6.45, 7) is 0. The van der Waals surface area contributed by atoms with Crippen molar-refractivity contribution < 1.29 is 13.6 Å². The van der Waals surface area contributed by atoms with Crippen LogP contribution in [0.4, 0.5) is 10.1 Å². The number of aromatic nitrogens is 2. The average molecular weight is 423 g/mol. The first-order valence-corrected chi connectivity index (χ1v) is 8.22. The maximum Gasteiger partial charge on any atom is 0.313 e. The molecule has 0 spiro atoms. The molecule has 1 amide bonds. The molecule has 5 nitrogen and oxygen atoms in total. The second kappa shape index (κ2) is 7.58. The van der Waals surface area contributed by atoms with Crippen molar-refractivity contribution in [1.29, 1.82) is 0 Å². The van der Waals surface area contributed by atoms with Crippen molar-refractivity contribution >= 4 is 51.3 Å². The molecule has 1 aromatic heterocycles. The third-order valence-electron chi connectivity index (χ3n) is 3.09. The van der Waals surface area contributed by atoms with Crippen LogP contribution in [0.15, 0.2) is 51.4 Å². The van der Waals surface area contributed by atoms with Gasteiger partial charge in [-0.25, -0.2) is 4.39 Å². The highest BCUT2D eigenvalue weighted by atomic mass is 79.9. The lowest BCUT2D eigenvalue weighted by Gasteiger charge is -2.01. The predicted molar refractivity (Wildman–Crippen MR) is 96.7 cm³/mol. The number of carbonyl (C=O) groups excluding carboxylic acids is 1. The smallest absolute Gasteiger partial charge is 0.313 e. The molecule has 0 aliphatic heterocycles. The molecule has 8 heteroatoms. The van der Waals surface area contributed by atoms with Gasteiger partial charge in [-0.1, -0.05) is 39.7 Å².